The van der Waals surface area contributed by atoms with Gasteiger partial charge in [-0.3, -0.25) is 20.2 Å². The number of nitro benzene ring substituents is 2. The van der Waals surface area contributed by atoms with Gasteiger partial charge in [0.15, 0.2) is 5.69 Å². The molecule has 0 aliphatic carbocycles. The summed E-state index contributed by atoms with van der Waals surface area (Å²) in [6.07, 6.45) is 0.794. The lowest BCUT2D eigenvalue weighted by Crippen LogP contribution is -2.21. The van der Waals surface area contributed by atoms with Gasteiger partial charge in [0.2, 0.25) is 17.8 Å². The van der Waals surface area contributed by atoms with Gasteiger partial charge >= 0.3 is 5.69 Å². The van der Waals surface area contributed by atoms with Crippen LogP contribution in [0.5, 0.6) is 0 Å². The molecular weight excluding hydrogens is 458 g/mol. The highest BCUT2D eigenvalue weighted by Crippen LogP contribution is 2.32. The maximum absolute atomic E-state index is 11.2. The van der Waals surface area contributed by atoms with E-state index in [1.165, 1.54) is 6.07 Å². The summed E-state index contributed by atoms with van der Waals surface area (Å²) >= 11 is 0. The first kappa shape index (κ1) is 24.7. The van der Waals surface area contributed by atoms with Crippen molar-refractivity contribution in [2.75, 3.05) is 48.5 Å². The summed E-state index contributed by atoms with van der Waals surface area (Å²) in [4.78, 5) is 34.8. The van der Waals surface area contributed by atoms with Crippen LogP contribution < -0.4 is 21.3 Å². The van der Waals surface area contributed by atoms with Gasteiger partial charge in [-0.2, -0.15) is 20.1 Å². The molecule has 0 aliphatic rings. The maximum atomic E-state index is 11.2. The number of anilines is 4. The molecule has 1 aromatic heterocycles. The monoisotopic (exact) mass is 481 g/mol. The minimum atomic E-state index is -0.733. The highest BCUT2D eigenvalue weighted by atomic mass is 16.6. The second kappa shape index (κ2) is 11.3. The number of nitrogens with one attached hydrogen (secondary N) is 2. The molecule has 1 heterocycles. The first-order valence-electron chi connectivity index (χ1n) is 10.4. The molecular formula is C20H23N11O4. The van der Waals surface area contributed by atoms with Crippen molar-refractivity contribution in [2.45, 2.75) is 6.42 Å². The second-order valence-corrected chi connectivity index (χ2v) is 7.20. The Morgan fingerprint density at radius 1 is 1.00 bits per heavy atom. The number of non-ortho nitro benzene ring substituents is 1. The molecule has 0 radical (unpaired) electrons. The van der Waals surface area contributed by atoms with Gasteiger partial charge in [0.1, 0.15) is 0 Å². The summed E-state index contributed by atoms with van der Waals surface area (Å²) in [6.45, 7) is 1.36. The van der Waals surface area contributed by atoms with E-state index in [-0.39, 0.29) is 11.6 Å². The fourth-order valence-corrected chi connectivity index (χ4v) is 2.97. The summed E-state index contributed by atoms with van der Waals surface area (Å²) in [6, 6.07) is 10.3. The number of aromatic nitrogens is 3. The van der Waals surface area contributed by atoms with Gasteiger partial charge in [0.25, 0.3) is 5.69 Å². The van der Waals surface area contributed by atoms with Gasteiger partial charge in [-0.15, -0.1) is 5.11 Å². The van der Waals surface area contributed by atoms with Crippen LogP contribution >= 0.6 is 0 Å². The summed E-state index contributed by atoms with van der Waals surface area (Å²) in [5.74, 6) is 0.911. The maximum Gasteiger partial charge on any atom is 0.303 e. The summed E-state index contributed by atoms with van der Waals surface area (Å²) < 4.78 is 0. The van der Waals surface area contributed by atoms with E-state index in [4.69, 9.17) is 5.73 Å². The van der Waals surface area contributed by atoms with Crippen molar-refractivity contribution in [1.82, 2.24) is 15.0 Å². The Kier molecular flexibility index (Phi) is 7.94. The Morgan fingerprint density at radius 2 is 1.71 bits per heavy atom. The minimum Gasteiger partial charge on any atom is -0.375 e. The molecule has 182 valence electrons. The van der Waals surface area contributed by atoms with Crippen LogP contribution in [0.2, 0.25) is 0 Å². The first-order valence-corrected chi connectivity index (χ1v) is 10.4. The highest BCUT2D eigenvalue weighted by molar-refractivity contribution is 5.62. The third-order valence-electron chi connectivity index (χ3n) is 4.76. The number of benzene rings is 2. The number of nitrogens with two attached hydrogens (primary N) is 1. The molecule has 3 aromatic rings. The summed E-state index contributed by atoms with van der Waals surface area (Å²) in [5, 5.41) is 35.9. The molecule has 0 spiro atoms. The van der Waals surface area contributed by atoms with Crippen LogP contribution in [-0.2, 0) is 0 Å². The molecule has 0 bridgehead atoms. The predicted molar refractivity (Wildman–Crippen MR) is 131 cm³/mol. The molecule has 0 saturated carbocycles. The van der Waals surface area contributed by atoms with Crippen LogP contribution in [0, 0.1) is 20.2 Å². The van der Waals surface area contributed by atoms with E-state index in [0.717, 1.165) is 30.8 Å². The van der Waals surface area contributed by atoms with Gasteiger partial charge in [-0.25, -0.2) is 0 Å². The predicted octanol–water partition coefficient (Wildman–Crippen LogP) is 3.67. The number of azo groups is 1. The number of hydrogen-bond acceptors (Lipinski definition) is 13. The fourth-order valence-electron chi connectivity index (χ4n) is 2.97. The van der Waals surface area contributed by atoms with Crippen LogP contribution in [0.25, 0.3) is 0 Å². The Bertz CT molecular complexity index is 1230. The normalized spacial score (nSPS) is 10.8. The lowest BCUT2D eigenvalue weighted by atomic mass is 10.2. The molecule has 0 aliphatic heterocycles. The molecule has 0 saturated heterocycles. The third kappa shape index (κ3) is 6.77. The largest absolute Gasteiger partial charge is 0.375 e. The van der Waals surface area contributed by atoms with Crippen molar-refractivity contribution in [2.24, 2.45) is 10.2 Å². The average molecular weight is 481 g/mol. The molecule has 3 rings (SSSR count). The fraction of sp³-hybridized carbons (Fsp3) is 0.250. The lowest BCUT2D eigenvalue weighted by Gasteiger charge is -2.19. The molecule has 0 unspecified atom stereocenters. The lowest BCUT2D eigenvalue weighted by molar-refractivity contribution is -0.393. The van der Waals surface area contributed by atoms with E-state index in [2.05, 4.69) is 35.8 Å². The summed E-state index contributed by atoms with van der Waals surface area (Å²) in [5.41, 5.74) is 6.11. The molecule has 4 N–H and O–H groups in total. The number of rotatable bonds is 11. The van der Waals surface area contributed by atoms with E-state index >= 15 is 0 Å². The van der Waals surface area contributed by atoms with Crippen LogP contribution in [-0.4, -0.2) is 52.0 Å². The minimum absolute atomic E-state index is 0.0731. The number of hydrogen-bond donors (Lipinski definition) is 3. The van der Waals surface area contributed by atoms with E-state index in [9.17, 15) is 20.2 Å². The van der Waals surface area contributed by atoms with Gasteiger partial charge in [-0.1, -0.05) is 0 Å². The van der Waals surface area contributed by atoms with Crippen LogP contribution in [0.1, 0.15) is 6.42 Å². The Morgan fingerprint density at radius 3 is 2.37 bits per heavy atom. The number of nitrogen functional groups attached to an aromatic ring is 1. The SMILES string of the molecule is CNc1nc(N)nc(NCCCN(C)c2ccc(N=Nc3ccc([N+](=O)[O-])cc3[N+](=O)[O-])cc2)n1. The quantitative estimate of drug-likeness (QED) is 0.156. The third-order valence-corrected chi connectivity index (χ3v) is 4.76. The Balaban J connectivity index is 1.56. The zero-order valence-corrected chi connectivity index (χ0v) is 19.0. The van der Waals surface area contributed by atoms with E-state index < -0.39 is 21.2 Å². The summed E-state index contributed by atoms with van der Waals surface area (Å²) in [7, 11) is 3.64. The molecule has 15 nitrogen and oxygen atoms in total. The Hall–Kier alpha value is -4.95. The van der Waals surface area contributed by atoms with Gasteiger partial charge in [-0.05, 0) is 36.8 Å². The van der Waals surface area contributed by atoms with Crippen LogP contribution in [0.3, 0.4) is 0 Å². The Labute approximate surface area is 199 Å². The van der Waals surface area contributed by atoms with Gasteiger partial charge in [0, 0.05) is 38.9 Å². The first-order chi connectivity index (χ1) is 16.8. The zero-order valence-electron chi connectivity index (χ0n) is 19.0. The highest BCUT2D eigenvalue weighted by Gasteiger charge is 2.19. The molecule has 35 heavy (non-hydrogen) atoms. The van der Waals surface area contributed by atoms with Crippen molar-refractivity contribution in [3.63, 3.8) is 0 Å². The standard InChI is InChI=1S/C20H23N11O4/c1-22-19-24-18(21)25-20(26-19)23-10-3-11-29(2)14-6-4-13(5-7-14)27-28-16-9-8-15(30(32)33)12-17(16)31(34)35/h4-9,12H,3,10-11H2,1-2H3,(H4,21,22,23,24,25,26). The topological polar surface area (TPSA) is 203 Å². The molecule has 0 amide bonds. The van der Waals surface area contributed by atoms with Crippen molar-refractivity contribution >= 4 is 46.3 Å². The van der Waals surface area contributed by atoms with Gasteiger partial charge in [0.05, 0.1) is 21.6 Å². The van der Waals surface area contributed by atoms with Crippen molar-refractivity contribution in [3.05, 3.63) is 62.7 Å². The second-order valence-electron chi connectivity index (χ2n) is 7.20. The molecule has 15 heteroatoms. The number of nitro groups is 2. The smallest absolute Gasteiger partial charge is 0.303 e. The average Bonchev–Trinajstić information content (AvgIpc) is 2.84. The van der Waals surface area contributed by atoms with E-state index in [0.29, 0.717) is 24.1 Å². The van der Waals surface area contributed by atoms with Crippen molar-refractivity contribution < 1.29 is 9.85 Å². The van der Waals surface area contributed by atoms with Gasteiger partial charge < -0.3 is 21.3 Å². The molecule has 0 fully saturated rings. The van der Waals surface area contributed by atoms with Crippen LogP contribution in [0.15, 0.2) is 52.7 Å². The van der Waals surface area contributed by atoms with Crippen LogP contribution in [0.4, 0.5) is 46.3 Å². The van der Waals surface area contributed by atoms with Crippen molar-refractivity contribution in [1.29, 1.82) is 0 Å². The molecule has 2 aromatic carbocycles. The number of nitrogens with zero attached hydrogens (tertiary/aromatic N) is 8. The molecule has 0 atom stereocenters. The van der Waals surface area contributed by atoms with Crippen molar-refractivity contribution in [3.8, 4) is 0 Å². The zero-order chi connectivity index (χ0) is 25.4. The van der Waals surface area contributed by atoms with E-state index in [1.807, 2.05) is 24.1 Å². The van der Waals surface area contributed by atoms with E-state index in [1.54, 1.807) is 19.2 Å².